The van der Waals surface area contributed by atoms with E-state index in [1.54, 1.807) is 6.20 Å². The molecule has 0 radical (unpaired) electrons. The van der Waals surface area contributed by atoms with Gasteiger partial charge in [0.25, 0.3) is 0 Å². The number of aromatic nitrogens is 4. The molecule has 6 heterocycles. The Morgan fingerprint density at radius 3 is 1.76 bits per heavy atom. The zero-order valence-electron chi connectivity index (χ0n) is 26.4. The van der Waals surface area contributed by atoms with Crippen LogP contribution in [0.15, 0.2) is 84.3 Å². The van der Waals surface area contributed by atoms with Gasteiger partial charge in [-0.3, -0.25) is 4.79 Å². The first-order valence-electron chi connectivity index (χ1n) is 15.4. The summed E-state index contributed by atoms with van der Waals surface area (Å²) in [5.41, 5.74) is 7.26. The zero-order valence-corrected chi connectivity index (χ0v) is 33.2. The van der Waals surface area contributed by atoms with Gasteiger partial charge in [0.05, 0.1) is 21.7 Å². The first-order chi connectivity index (χ1) is 24.7. The number of hydrogen-bond acceptors (Lipinski definition) is 10. The molecule has 0 amide bonds. The fourth-order valence-corrected chi connectivity index (χ4v) is 8.20. The summed E-state index contributed by atoms with van der Waals surface area (Å²) in [4.78, 5) is 27.6. The van der Waals surface area contributed by atoms with E-state index in [1.807, 2.05) is 59.3 Å². The number of benzene rings is 2. The molecule has 0 aliphatic carbocycles. The quantitative estimate of drug-likeness (QED) is 0.103. The number of aldehydes is 1. The number of thiophene rings is 2. The number of ether oxygens (including phenoxy) is 2. The summed E-state index contributed by atoms with van der Waals surface area (Å²) in [7, 11) is 0. The molecule has 4 aromatic heterocycles. The molecular weight excluding hydrogens is 933 g/mol. The summed E-state index contributed by atoms with van der Waals surface area (Å²) in [6.45, 7) is 1.33. The van der Waals surface area contributed by atoms with Crippen LogP contribution in [0.5, 0.6) is 0 Å². The summed E-state index contributed by atoms with van der Waals surface area (Å²) >= 11 is 28.7. The van der Waals surface area contributed by atoms with Crippen LogP contribution < -0.4 is 0 Å². The molecule has 0 saturated carbocycles. The van der Waals surface area contributed by atoms with Gasteiger partial charge in [0.15, 0.2) is 6.29 Å². The van der Waals surface area contributed by atoms with Crippen LogP contribution in [0.1, 0.15) is 102 Å². The van der Waals surface area contributed by atoms with Gasteiger partial charge in [-0.25, -0.2) is 19.9 Å². The van der Waals surface area contributed by atoms with Gasteiger partial charge in [-0.2, -0.15) is 0 Å². The number of nitrogens with zero attached hydrogens (tertiary/aromatic N) is 4. The van der Waals surface area contributed by atoms with Crippen molar-refractivity contribution in [1.29, 1.82) is 0 Å². The van der Waals surface area contributed by atoms with E-state index < -0.39 is 6.10 Å². The van der Waals surface area contributed by atoms with Crippen LogP contribution in [0.2, 0.25) is 20.4 Å². The van der Waals surface area contributed by atoms with Crippen LogP contribution in [-0.4, -0.2) is 44.5 Å². The molecule has 2 aliphatic rings. The van der Waals surface area contributed by atoms with Gasteiger partial charge in [-0.1, -0.05) is 88.2 Å². The van der Waals surface area contributed by atoms with Gasteiger partial charge in [0.2, 0.25) is 0 Å². The predicted octanol–water partition coefficient (Wildman–Crippen LogP) is 12.7. The second-order valence-electron chi connectivity index (χ2n) is 11.2. The second kappa shape index (κ2) is 23.0. The molecule has 8 rings (SSSR count). The van der Waals surface area contributed by atoms with Crippen molar-refractivity contribution in [2.75, 3.05) is 13.2 Å². The summed E-state index contributed by atoms with van der Waals surface area (Å²) in [6, 6.07) is 15.6. The fraction of sp³-hybridized carbons (Fsp3) is 0.275. The highest BCUT2D eigenvalue weighted by molar-refractivity contribution is 14.1. The first kappa shape index (κ1) is 48.6. The van der Waals surface area contributed by atoms with Crippen molar-refractivity contribution in [2.24, 2.45) is 0 Å². The molecule has 2 aliphatic heterocycles. The summed E-state index contributed by atoms with van der Waals surface area (Å²) < 4.78 is 12.7. The molecule has 3 unspecified atom stereocenters. The molecule has 0 bridgehead atoms. The number of aliphatic hydroxyl groups is 1. The Morgan fingerprint density at radius 2 is 1.27 bits per heavy atom. The largest absolute Gasteiger partial charge is 0.383 e. The van der Waals surface area contributed by atoms with E-state index in [2.05, 4.69) is 42.5 Å². The van der Waals surface area contributed by atoms with Crippen LogP contribution in [-0.2, 0) is 22.3 Å². The summed E-state index contributed by atoms with van der Waals surface area (Å²) in [6.07, 6.45) is 7.50. The number of hydrogen-bond donors (Lipinski definition) is 1. The standard InChI is InChI=1S/C18H14Cl2N2O2S.C14H11ClO2S.C4H2ClIN2.4CH4/c19-12-1-2-13-10(5-12)3-4-24-17(13)11-6-15(25-8-11)16(23)14-7-21-9-22-18(14)20;15-11-1-2-13-9(5-11)3-4-17-14(13)10-6-12(7-16)18-8-10;5-4-3(6)1-7-2-8-4;;;;/h1-2,5-9,16-17,23H,3-4H2;1-2,5-8,14H,3-4H2;1-2H;4*1H4. The van der Waals surface area contributed by atoms with E-state index in [-0.39, 0.29) is 47.1 Å². The Balaban J connectivity index is 0.000000307. The van der Waals surface area contributed by atoms with Crippen LogP contribution in [0.3, 0.4) is 0 Å². The maximum atomic E-state index is 10.7. The molecule has 15 heteroatoms. The van der Waals surface area contributed by atoms with E-state index >= 15 is 0 Å². The smallest absolute Gasteiger partial charge is 0.160 e. The number of aliphatic hydroxyl groups excluding tert-OH is 1. The number of carbonyl (C=O) groups is 1. The van der Waals surface area contributed by atoms with E-state index in [4.69, 9.17) is 55.9 Å². The molecule has 8 nitrogen and oxygen atoms in total. The van der Waals surface area contributed by atoms with E-state index in [9.17, 15) is 9.90 Å². The third-order valence-electron chi connectivity index (χ3n) is 7.96. The molecule has 55 heavy (non-hydrogen) atoms. The SMILES string of the molecule is C.C.C.C.Clc1ncncc1I.O=Cc1cc(C2OCCc3cc(Cl)ccc32)cs1.OC(c1cc(C2OCCc3cc(Cl)ccc32)cs1)c1cncnc1Cl. The summed E-state index contributed by atoms with van der Waals surface area (Å²) in [5, 5.41) is 16.9. The van der Waals surface area contributed by atoms with Crippen LogP contribution >= 0.6 is 91.7 Å². The average molecular weight is 977 g/mol. The second-order valence-corrected chi connectivity index (χ2v) is 15.8. The van der Waals surface area contributed by atoms with Crippen LogP contribution in [0.4, 0.5) is 0 Å². The first-order valence-corrected chi connectivity index (χ1v) is 19.7. The van der Waals surface area contributed by atoms with Crippen molar-refractivity contribution in [3.8, 4) is 0 Å². The molecule has 3 atom stereocenters. The minimum Gasteiger partial charge on any atom is -0.383 e. The fourth-order valence-electron chi connectivity index (χ4n) is 5.57. The lowest BCUT2D eigenvalue weighted by Gasteiger charge is -2.25. The van der Waals surface area contributed by atoms with Gasteiger partial charge in [-0.15, -0.1) is 22.7 Å². The van der Waals surface area contributed by atoms with E-state index in [0.29, 0.717) is 23.9 Å². The Kier molecular flexibility index (Phi) is 20.3. The number of carbonyl (C=O) groups excluding carboxylic acids is 1. The van der Waals surface area contributed by atoms with Gasteiger partial charge in [0.1, 0.15) is 41.3 Å². The Hall–Kier alpha value is -2.56. The lowest BCUT2D eigenvalue weighted by molar-refractivity contribution is 0.0699. The van der Waals surface area contributed by atoms with Crippen LogP contribution in [0.25, 0.3) is 0 Å². The highest BCUT2D eigenvalue weighted by Gasteiger charge is 2.26. The molecule has 294 valence electrons. The van der Waals surface area contributed by atoms with E-state index in [0.717, 1.165) is 64.8 Å². The summed E-state index contributed by atoms with van der Waals surface area (Å²) in [5.74, 6) is 0. The van der Waals surface area contributed by atoms with Gasteiger partial charge in [-0.05, 0) is 116 Å². The van der Waals surface area contributed by atoms with Crippen molar-refractivity contribution < 1.29 is 19.4 Å². The van der Waals surface area contributed by atoms with E-state index in [1.165, 1.54) is 52.7 Å². The lowest BCUT2D eigenvalue weighted by atomic mass is 9.94. The lowest BCUT2D eigenvalue weighted by Crippen LogP contribution is -2.16. The molecular formula is C40H43Cl4IN4O4S2. The molecule has 1 N–H and O–H groups in total. The number of rotatable bonds is 5. The topological polar surface area (TPSA) is 107 Å². The molecule has 0 saturated heterocycles. The van der Waals surface area contributed by atoms with Crippen LogP contribution in [0, 0.1) is 3.57 Å². The molecule has 6 aromatic rings. The molecule has 0 spiro atoms. The zero-order chi connectivity index (χ0) is 35.9. The monoisotopic (exact) mass is 974 g/mol. The molecule has 2 aromatic carbocycles. The normalized spacial score (nSPS) is 15.5. The highest BCUT2D eigenvalue weighted by Crippen LogP contribution is 2.39. The minimum atomic E-state index is -0.860. The number of halogens is 5. The van der Waals surface area contributed by atoms with Gasteiger partial charge >= 0.3 is 0 Å². The predicted molar refractivity (Wildman–Crippen MR) is 238 cm³/mol. The third-order valence-corrected chi connectivity index (χ3v) is 12.0. The number of fused-ring (bicyclic) bond motifs is 2. The average Bonchev–Trinajstić information content (AvgIpc) is 3.84. The van der Waals surface area contributed by atoms with Crippen molar-refractivity contribution >= 4 is 98.0 Å². The maximum absolute atomic E-state index is 10.7. The van der Waals surface area contributed by atoms with Crippen molar-refractivity contribution in [1.82, 2.24) is 19.9 Å². The van der Waals surface area contributed by atoms with Crippen molar-refractivity contribution in [2.45, 2.75) is 60.9 Å². The van der Waals surface area contributed by atoms with Gasteiger partial charge in [0, 0.05) is 32.9 Å². The highest BCUT2D eigenvalue weighted by atomic mass is 127. The third kappa shape index (κ3) is 12.2. The maximum Gasteiger partial charge on any atom is 0.160 e. The molecule has 0 fully saturated rings. The Labute approximate surface area is 365 Å². The van der Waals surface area contributed by atoms with Crippen molar-refractivity contribution in [3.05, 3.63) is 157 Å². The van der Waals surface area contributed by atoms with Gasteiger partial charge < -0.3 is 14.6 Å². The van der Waals surface area contributed by atoms with Crippen molar-refractivity contribution in [3.63, 3.8) is 0 Å². The Morgan fingerprint density at radius 1 is 0.745 bits per heavy atom. The Bertz CT molecular complexity index is 2120. The minimum absolute atomic E-state index is 0.